The number of benzene rings is 2. The summed E-state index contributed by atoms with van der Waals surface area (Å²) in [6.07, 6.45) is 0. The Balaban J connectivity index is 2.18. The summed E-state index contributed by atoms with van der Waals surface area (Å²) in [6, 6.07) is 14.5. The molecule has 0 saturated carbocycles. The van der Waals surface area contributed by atoms with Crippen molar-refractivity contribution in [3.05, 3.63) is 53.3 Å². The van der Waals surface area contributed by atoms with Gasteiger partial charge in [0.05, 0.1) is 12.3 Å². The van der Waals surface area contributed by atoms with E-state index in [0.29, 0.717) is 17.2 Å². The number of aromatic nitrogens is 3. The fourth-order valence-corrected chi connectivity index (χ4v) is 2.47. The van der Waals surface area contributed by atoms with Crippen molar-refractivity contribution in [1.29, 1.82) is 0 Å². The molecule has 0 fully saturated rings. The third-order valence-electron chi connectivity index (χ3n) is 3.20. The summed E-state index contributed by atoms with van der Waals surface area (Å²) in [6.45, 7) is 2.50. The predicted molar refractivity (Wildman–Crippen MR) is 87.0 cm³/mol. The van der Waals surface area contributed by atoms with Crippen LogP contribution in [-0.2, 0) is 0 Å². The van der Waals surface area contributed by atoms with Gasteiger partial charge in [-0.05, 0) is 55.5 Å². The summed E-state index contributed by atoms with van der Waals surface area (Å²) in [4.78, 5) is 0. The SMILES string of the molecule is CCOc1ccccc1-n1c(-c2ccc(O)cc2)n[nH]c1=S. The molecule has 0 spiro atoms. The number of H-pyrrole nitrogens is 1. The summed E-state index contributed by atoms with van der Waals surface area (Å²) < 4.78 is 7.98. The van der Waals surface area contributed by atoms with Crippen LogP contribution < -0.4 is 4.74 Å². The minimum Gasteiger partial charge on any atom is -0.508 e. The molecule has 5 nitrogen and oxygen atoms in total. The van der Waals surface area contributed by atoms with Crippen molar-refractivity contribution < 1.29 is 9.84 Å². The van der Waals surface area contributed by atoms with E-state index in [-0.39, 0.29) is 5.75 Å². The molecule has 2 aromatic carbocycles. The van der Waals surface area contributed by atoms with Gasteiger partial charge in [0.2, 0.25) is 0 Å². The zero-order valence-electron chi connectivity index (χ0n) is 12.0. The van der Waals surface area contributed by atoms with Gasteiger partial charge in [0, 0.05) is 5.56 Å². The molecule has 0 aliphatic carbocycles. The normalized spacial score (nSPS) is 10.6. The molecule has 112 valence electrons. The molecule has 0 atom stereocenters. The first-order chi connectivity index (χ1) is 10.7. The van der Waals surface area contributed by atoms with Crippen LogP contribution in [0.1, 0.15) is 6.92 Å². The van der Waals surface area contributed by atoms with Crippen molar-refractivity contribution in [2.45, 2.75) is 6.92 Å². The van der Waals surface area contributed by atoms with Crippen molar-refractivity contribution in [3.8, 4) is 28.6 Å². The number of aromatic hydroxyl groups is 1. The van der Waals surface area contributed by atoms with E-state index in [4.69, 9.17) is 17.0 Å². The van der Waals surface area contributed by atoms with Gasteiger partial charge in [-0.2, -0.15) is 5.10 Å². The molecule has 1 aromatic heterocycles. The van der Waals surface area contributed by atoms with E-state index < -0.39 is 0 Å². The molecule has 0 radical (unpaired) electrons. The van der Waals surface area contributed by atoms with Crippen molar-refractivity contribution >= 4 is 12.2 Å². The molecule has 0 amide bonds. The number of rotatable bonds is 4. The van der Waals surface area contributed by atoms with Crippen molar-refractivity contribution in [3.63, 3.8) is 0 Å². The lowest BCUT2D eigenvalue weighted by molar-refractivity contribution is 0.339. The highest BCUT2D eigenvalue weighted by molar-refractivity contribution is 7.71. The zero-order valence-corrected chi connectivity index (χ0v) is 12.8. The molecule has 2 N–H and O–H groups in total. The van der Waals surface area contributed by atoms with Gasteiger partial charge in [-0.25, -0.2) is 0 Å². The Hall–Kier alpha value is -2.60. The molecule has 22 heavy (non-hydrogen) atoms. The largest absolute Gasteiger partial charge is 0.508 e. The Morgan fingerprint density at radius 2 is 1.91 bits per heavy atom. The lowest BCUT2D eigenvalue weighted by Crippen LogP contribution is -2.02. The van der Waals surface area contributed by atoms with Crippen LogP contribution in [0, 0.1) is 4.77 Å². The lowest BCUT2D eigenvalue weighted by atomic mass is 10.2. The van der Waals surface area contributed by atoms with E-state index in [2.05, 4.69) is 10.2 Å². The van der Waals surface area contributed by atoms with Gasteiger partial charge < -0.3 is 9.84 Å². The van der Waals surface area contributed by atoms with Crippen LogP contribution in [0.15, 0.2) is 48.5 Å². The molecule has 0 aliphatic heterocycles. The minimum absolute atomic E-state index is 0.208. The molecule has 0 aliphatic rings. The highest BCUT2D eigenvalue weighted by atomic mass is 32.1. The maximum absolute atomic E-state index is 9.43. The van der Waals surface area contributed by atoms with Gasteiger partial charge in [0.15, 0.2) is 10.6 Å². The van der Waals surface area contributed by atoms with Gasteiger partial charge in [0.25, 0.3) is 0 Å². The molecule has 1 heterocycles. The summed E-state index contributed by atoms with van der Waals surface area (Å²) in [7, 11) is 0. The molecular weight excluding hydrogens is 298 g/mol. The van der Waals surface area contributed by atoms with E-state index in [1.54, 1.807) is 24.3 Å². The third-order valence-corrected chi connectivity index (χ3v) is 3.48. The van der Waals surface area contributed by atoms with Crippen LogP contribution in [0.4, 0.5) is 0 Å². The first-order valence-corrected chi connectivity index (χ1v) is 7.30. The number of hydrogen-bond donors (Lipinski definition) is 2. The van der Waals surface area contributed by atoms with Crippen LogP contribution in [0.2, 0.25) is 0 Å². The monoisotopic (exact) mass is 313 g/mol. The second-order valence-electron chi connectivity index (χ2n) is 4.64. The number of para-hydroxylation sites is 2. The summed E-state index contributed by atoms with van der Waals surface area (Å²) in [5, 5.41) is 16.6. The van der Waals surface area contributed by atoms with Crippen LogP contribution in [0.25, 0.3) is 17.1 Å². The number of ether oxygens (including phenoxy) is 1. The maximum Gasteiger partial charge on any atom is 0.200 e. The van der Waals surface area contributed by atoms with Crippen LogP contribution in [0.3, 0.4) is 0 Å². The third kappa shape index (κ3) is 2.60. The summed E-state index contributed by atoms with van der Waals surface area (Å²) in [5.41, 5.74) is 1.67. The second-order valence-corrected chi connectivity index (χ2v) is 5.02. The Labute approximate surface area is 132 Å². The quantitative estimate of drug-likeness (QED) is 0.721. The fourth-order valence-electron chi connectivity index (χ4n) is 2.24. The van der Waals surface area contributed by atoms with Gasteiger partial charge in [0.1, 0.15) is 11.5 Å². The van der Waals surface area contributed by atoms with Gasteiger partial charge in [-0.1, -0.05) is 12.1 Å². The molecule has 0 bridgehead atoms. The average Bonchev–Trinajstić information content (AvgIpc) is 2.91. The number of phenolic OH excluding ortho intramolecular Hbond substituents is 1. The Bertz CT molecular complexity index is 837. The Morgan fingerprint density at radius 1 is 1.18 bits per heavy atom. The Morgan fingerprint density at radius 3 is 2.64 bits per heavy atom. The molecule has 3 rings (SSSR count). The van der Waals surface area contributed by atoms with Crippen molar-refractivity contribution in [1.82, 2.24) is 14.8 Å². The van der Waals surface area contributed by atoms with Crippen molar-refractivity contribution in [2.75, 3.05) is 6.61 Å². The average molecular weight is 313 g/mol. The summed E-state index contributed by atoms with van der Waals surface area (Å²) >= 11 is 5.36. The van der Waals surface area contributed by atoms with E-state index >= 15 is 0 Å². The highest BCUT2D eigenvalue weighted by Gasteiger charge is 2.14. The fraction of sp³-hybridized carbons (Fsp3) is 0.125. The smallest absolute Gasteiger partial charge is 0.200 e. The first kappa shape index (κ1) is 14.3. The number of nitrogens with one attached hydrogen (secondary N) is 1. The Kier molecular flexibility index (Phi) is 3.93. The van der Waals surface area contributed by atoms with E-state index in [1.807, 2.05) is 35.8 Å². The first-order valence-electron chi connectivity index (χ1n) is 6.89. The summed E-state index contributed by atoms with van der Waals surface area (Å²) in [5.74, 6) is 1.61. The number of aromatic amines is 1. The molecule has 0 saturated heterocycles. The van der Waals surface area contributed by atoms with E-state index in [1.165, 1.54) is 0 Å². The maximum atomic E-state index is 9.43. The van der Waals surface area contributed by atoms with Crippen LogP contribution in [0.5, 0.6) is 11.5 Å². The topological polar surface area (TPSA) is 63.1 Å². The molecule has 0 unspecified atom stereocenters. The van der Waals surface area contributed by atoms with Gasteiger partial charge >= 0.3 is 0 Å². The number of phenols is 1. The standard InChI is InChI=1S/C16H15N3O2S/c1-2-21-14-6-4-3-5-13(14)19-15(17-18-16(19)22)11-7-9-12(20)10-8-11/h3-10,20H,2H2,1H3,(H,18,22). The molecular formula is C16H15N3O2S. The number of nitrogens with zero attached hydrogens (tertiary/aromatic N) is 2. The van der Waals surface area contributed by atoms with Crippen LogP contribution in [-0.4, -0.2) is 26.5 Å². The van der Waals surface area contributed by atoms with Gasteiger partial charge in [-0.15, -0.1) is 0 Å². The van der Waals surface area contributed by atoms with E-state index in [0.717, 1.165) is 17.0 Å². The van der Waals surface area contributed by atoms with Crippen LogP contribution >= 0.6 is 12.2 Å². The second kappa shape index (κ2) is 6.03. The zero-order chi connectivity index (χ0) is 15.5. The molecule has 6 heteroatoms. The van der Waals surface area contributed by atoms with Gasteiger partial charge in [-0.3, -0.25) is 9.67 Å². The van der Waals surface area contributed by atoms with Crippen molar-refractivity contribution in [2.24, 2.45) is 0 Å². The minimum atomic E-state index is 0.208. The lowest BCUT2D eigenvalue weighted by Gasteiger charge is -2.12. The highest BCUT2D eigenvalue weighted by Crippen LogP contribution is 2.28. The molecule has 3 aromatic rings. The predicted octanol–water partition coefficient (Wildman–Crippen LogP) is 3.70. The number of hydrogen-bond acceptors (Lipinski definition) is 4. The van der Waals surface area contributed by atoms with E-state index in [9.17, 15) is 5.11 Å².